The van der Waals surface area contributed by atoms with E-state index in [0.29, 0.717) is 12.3 Å². The monoisotopic (exact) mass is 323 g/mol. The van der Waals surface area contributed by atoms with Crippen molar-refractivity contribution < 1.29 is 9.31 Å². The van der Waals surface area contributed by atoms with E-state index in [4.69, 9.17) is 9.31 Å². The van der Waals surface area contributed by atoms with Crippen molar-refractivity contribution in [1.29, 1.82) is 5.26 Å². The summed E-state index contributed by atoms with van der Waals surface area (Å²) in [4.78, 5) is 0. The average molecular weight is 323 g/mol. The van der Waals surface area contributed by atoms with E-state index in [1.54, 1.807) is 18.9 Å². The van der Waals surface area contributed by atoms with Gasteiger partial charge in [0, 0.05) is 18.5 Å². The van der Waals surface area contributed by atoms with Crippen molar-refractivity contribution in [3.63, 3.8) is 0 Å². The van der Waals surface area contributed by atoms with Crippen molar-refractivity contribution in [3.05, 3.63) is 24.2 Å². The standard InChI is InChI=1S/C17H30BNO2S/c1-14(2)12-17(4,5)21-18(20-6)15(3)11-16(13-19)9-8-10-22-7/h8-9,14,16H,3,10-12H2,1-2,4-7H3/b9-8-. The molecule has 0 aliphatic heterocycles. The Labute approximate surface area is 141 Å². The fraction of sp³-hybridized carbons (Fsp3) is 0.706. The van der Waals surface area contributed by atoms with Crippen LogP contribution >= 0.6 is 11.8 Å². The highest BCUT2D eigenvalue weighted by molar-refractivity contribution is 7.98. The SMILES string of the molecule is C=C(CC(C#N)/C=C\CSC)B(OC)OC(C)(C)CC(C)C. The van der Waals surface area contributed by atoms with Crippen molar-refractivity contribution in [2.24, 2.45) is 11.8 Å². The average Bonchev–Trinajstić information content (AvgIpc) is 2.42. The Bertz CT molecular complexity index is 402. The Hall–Kier alpha value is -0.695. The first-order valence-corrected chi connectivity index (χ1v) is 9.08. The van der Waals surface area contributed by atoms with Crippen LogP contribution in [0.25, 0.3) is 0 Å². The van der Waals surface area contributed by atoms with Crippen molar-refractivity contribution >= 4 is 18.9 Å². The molecule has 0 aliphatic rings. The number of hydrogen-bond donors (Lipinski definition) is 0. The van der Waals surface area contributed by atoms with Gasteiger partial charge >= 0.3 is 7.12 Å². The highest BCUT2D eigenvalue weighted by Gasteiger charge is 2.31. The number of thioether (sulfide) groups is 1. The van der Waals surface area contributed by atoms with E-state index in [1.165, 1.54) is 0 Å². The summed E-state index contributed by atoms with van der Waals surface area (Å²) in [7, 11) is 1.14. The van der Waals surface area contributed by atoms with E-state index >= 15 is 0 Å². The fourth-order valence-corrected chi connectivity index (χ4v) is 2.77. The molecule has 0 radical (unpaired) electrons. The van der Waals surface area contributed by atoms with Crippen molar-refractivity contribution in [2.75, 3.05) is 19.1 Å². The molecule has 0 N–H and O–H groups in total. The van der Waals surface area contributed by atoms with Crippen LogP contribution in [-0.2, 0) is 9.31 Å². The van der Waals surface area contributed by atoms with Gasteiger partial charge in [0.2, 0.25) is 0 Å². The molecule has 0 amide bonds. The van der Waals surface area contributed by atoms with Gasteiger partial charge in [-0.25, -0.2) is 0 Å². The molecule has 0 saturated carbocycles. The number of allylic oxidation sites excluding steroid dienone is 2. The first kappa shape index (κ1) is 21.3. The molecular weight excluding hydrogens is 293 g/mol. The molecule has 0 spiro atoms. The molecule has 0 saturated heterocycles. The Balaban J connectivity index is 4.67. The summed E-state index contributed by atoms with van der Waals surface area (Å²) in [6, 6.07) is 2.30. The summed E-state index contributed by atoms with van der Waals surface area (Å²) in [5.74, 6) is 1.27. The predicted octanol–water partition coefficient (Wildman–Crippen LogP) is 4.51. The van der Waals surface area contributed by atoms with Gasteiger partial charge in [0.15, 0.2) is 0 Å². The highest BCUT2D eigenvalue weighted by atomic mass is 32.2. The first-order chi connectivity index (χ1) is 10.3. The number of nitriles is 1. The van der Waals surface area contributed by atoms with Gasteiger partial charge in [0.25, 0.3) is 0 Å². The van der Waals surface area contributed by atoms with Crippen LogP contribution in [0.4, 0.5) is 0 Å². The zero-order valence-electron chi connectivity index (χ0n) is 14.9. The van der Waals surface area contributed by atoms with Gasteiger partial charge in [-0.05, 0) is 44.3 Å². The molecule has 22 heavy (non-hydrogen) atoms. The van der Waals surface area contributed by atoms with Crippen LogP contribution in [0.3, 0.4) is 0 Å². The van der Waals surface area contributed by atoms with Crippen molar-refractivity contribution in [3.8, 4) is 6.07 Å². The smallest absolute Gasteiger partial charge is 0.410 e. The third-order valence-electron chi connectivity index (χ3n) is 3.15. The lowest BCUT2D eigenvalue weighted by molar-refractivity contribution is 0.0577. The molecule has 124 valence electrons. The van der Waals surface area contributed by atoms with Gasteiger partial charge in [-0.15, -0.1) is 6.58 Å². The molecule has 0 aliphatic carbocycles. The lowest BCUT2D eigenvalue weighted by Crippen LogP contribution is -2.37. The fourth-order valence-electron chi connectivity index (χ4n) is 2.47. The summed E-state index contributed by atoms with van der Waals surface area (Å²) < 4.78 is 11.5. The van der Waals surface area contributed by atoms with E-state index in [0.717, 1.165) is 17.6 Å². The summed E-state index contributed by atoms with van der Waals surface area (Å²) in [5, 5.41) is 9.25. The van der Waals surface area contributed by atoms with E-state index in [1.807, 2.05) is 18.4 Å². The summed E-state index contributed by atoms with van der Waals surface area (Å²) in [6.07, 6.45) is 7.49. The van der Waals surface area contributed by atoms with Crippen LogP contribution in [0, 0.1) is 23.2 Å². The van der Waals surface area contributed by atoms with E-state index in [-0.39, 0.29) is 11.5 Å². The third-order valence-corrected chi connectivity index (χ3v) is 3.68. The normalized spacial score (nSPS) is 13.4. The molecule has 3 nitrogen and oxygen atoms in total. The van der Waals surface area contributed by atoms with Gasteiger partial charge in [0.05, 0.1) is 12.0 Å². The maximum atomic E-state index is 9.25. The zero-order chi connectivity index (χ0) is 17.2. The van der Waals surface area contributed by atoms with E-state index in [9.17, 15) is 5.26 Å². The van der Waals surface area contributed by atoms with Gasteiger partial charge in [0.1, 0.15) is 0 Å². The van der Waals surface area contributed by atoms with Crippen LogP contribution < -0.4 is 0 Å². The quantitative estimate of drug-likeness (QED) is 0.414. The first-order valence-electron chi connectivity index (χ1n) is 7.69. The molecule has 0 rings (SSSR count). The second kappa shape index (κ2) is 10.9. The summed E-state index contributed by atoms with van der Waals surface area (Å²) >= 11 is 1.73. The second-order valence-electron chi connectivity index (χ2n) is 6.52. The molecule has 1 atom stereocenters. The largest absolute Gasteiger partial charge is 0.489 e. The van der Waals surface area contributed by atoms with Gasteiger partial charge in [-0.1, -0.05) is 26.0 Å². The van der Waals surface area contributed by atoms with Crippen LogP contribution in [-0.4, -0.2) is 31.8 Å². The van der Waals surface area contributed by atoms with Crippen molar-refractivity contribution in [2.45, 2.75) is 46.1 Å². The molecular formula is C17H30BNO2S. The Morgan fingerprint density at radius 3 is 2.55 bits per heavy atom. The minimum Gasteiger partial charge on any atom is -0.410 e. The van der Waals surface area contributed by atoms with Gasteiger partial charge in [-0.3, -0.25) is 0 Å². The number of hydrogen-bond acceptors (Lipinski definition) is 4. The van der Waals surface area contributed by atoms with Crippen LogP contribution in [0.5, 0.6) is 0 Å². The summed E-state index contributed by atoms with van der Waals surface area (Å²) in [5.41, 5.74) is 0.522. The lowest BCUT2D eigenvalue weighted by Gasteiger charge is -2.31. The lowest BCUT2D eigenvalue weighted by atomic mass is 9.73. The predicted molar refractivity (Wildman–Crippen MR) is 97.8 cm³/mol. The van der Waals surface area contributed by atoms with E-state index in [2.05, 4.69) is 40.3 Å². The molecule has 0 aromatic carbocycles. The van der Waals surface area contributed by atoms with Gasteiger partial charge < -0.3 is 9.31 Å². The number of rotatable bonds is 11. The molecule has 5 heteroatoms. The minimum absolute atomic E-state index is 0.186. The topological polar surface area (TPSA) is 42.2 Å². The molecule has 0 aromatic rings. The van der Waals surface area contributed by atoms with Crippen LogP contribution in [0.2, 0.25) is 0 Å². The van der Waals surface area contributed by atoms with E-state index < -0.39 is 7.12 Å². The molecule has 0 fully saturated rings. The number of nitrogens with zero attached hydrogens (tertiary/aromatic N) is 1. The molecule has 0 bridgehead atoms. The van der Waals surface area contributed by atoms with Gasteiger partial charge in [-0.2, -0.15) is 17.0 Å². The maximum absolute atomic E-state index is 9.25. The van der Waals surface area contributed by atoms with Crippen molar-refractivity contribution in [1.82, 2.24) is 0 Å². The molecule has 0 aromatic heterocycles. The Kier molecular flexibility index (Phi) is 10.6. The second-order valence-corrected chi connectivity index (χ2v) is 7.44. The summed E-state index contributed by atoms with van der Waals surface area (Å²) in [6.45, 7) is 12.5. The zero-order valence-corrected chi connectivity index (χ0v) is 15.7. The van der Waals surface area contributed by atoms with Crippen LogP contribution in [0.15, 0.2) is 24.2 Å². The Morgan fingerprint density at radius 2 is 2.09 bits per heavy atom. The third kappa shape index (κ3) is 9.35. The molecule has 0 heterocycles. The van der Waals surface area contributed by atoms with Crippen LogP contribution in [0.1, 0.15) is 40.5 Å². The molecule has 1 unspecified atom stereocenters. The Morgan fingerprint density at radius 1 is 1.45 bits per heavy atom. The highest BCUT2D eigenvalue weighted by Crippen LogP contribution is 2.24. The minimum atomic E-state index is -0.474. The maximum Gasteiger partial charge on any atom is 0.489 e.